The van der Waals surface area contributed by atoms with E-state index >= 15 is 0 Å². The van der Waals surface area contributed by atoms with Crippen molar-refractivity contribution < 1.29 is 19.1 Å². The van der Waals surface area contributed by atoms with Crippen molar-refractivity contribution in [1.82, 2.24) is 5.32 Å². The van der Waals surface area contributed by atoms with Gasteiger partial charge in [-0.05, 0) is 54.2 Å². The van der Waals surface area contributed by atoms with Gasteiger partial charge in [0.25, 0.3) is 5.91 Å². The topological polar surface area (TPSA) is 88.4 Å². The number of rotatable bonds is 6. The lowest BCUT2D eigenvalue weighted by Gasteiger charge is -2.26. The molecule has 1 aliphatic carbocycles. The number of esters is 1. The summed E-state index contributed by atoms with van der Waals surface area (Å²) in [6, 6.07) is 16.7. The minimum absolute atomic E-state index is 0.0890. The number of ether oxygens (including phenoxy) is 2. The summed E-state index contributed by atoms with van der Waals surface area (Å²) in [7, 11) is 1.53. The van der Waals surface area contributed by atoms with Crippen molar-refractivity contribution in [2.45, 2.75) is 25.3 Å². The molecule has 0 unspecified atom stereocenters. The molecule has 1 N–H and O–H groups in total. The standard InChI is InChI=1S/C23H22N2O4/c1-28-19-9-4-6-16(13-19)12-18(14-24)23(27)29-15-22(26)25-21-11-5-8-17-7-2-3-10-20(17)21/h2-4,6-7,9-10,12-13,21H,5,8,11,15H2,1H3,(H,25,26)/b18-12+/t21-/m1/s1. The monoisotopic (exact) mass is 390 g/mol. The van der Waals surface area contributed by atoms with Crippen molar-refractivity contribution in [2.75, 3.05) is 13.7 Å². The minimum Gasteiger partial charge on any atom is -0.497 e. The Kier molecular flexibility index (Phi) is 6.64. The van der Waals surface area contributed by atoms with Gasteiger partial charge in [-0.25, -0.2) is 4.79 Å². The van der Waals surface area contributed by atoms with Gasteiger partial charge in [-0.3, -0.25) is 4.79 Å². The first-order valence-corrected chi connectivity index (χ1v) is 9.41. The Morgan fingerprint density at radius 1 is 1.24 bits per heavy atom. The van der Waals surface area contributed by atoms with Gasteiger partial charge in [0.05, 0.1) is 13.2 Å². The van der Waals surface area contributed by atoms with E-state index in [1.165, 1.54) is 18.7 Å². The van der Waals surface area contributed by atoms with Gasteiger partial charge in [-0.15, -0.1) is 0 Å². The predicted octanol–water partition coefficient (Wildman–Crippen LogP) is 3.34. The Hall–Kier alpha value is -3.59. The van der Waals surface area contributed by atoms with Crippen LogP contribution >= 0.6 is 0 Å². The second kappa shape index (κ2) is 9.56. The molecule has 2 aromatic rings. The molecule has 3 rings (SSSR count). The van der Waals surface area contributed by atoms with Crippen LogP contribution in [0.4, 0.5) is 0 Å². The van der Waals surface area contributed by atoms with Crippen LogP contribution in [0.15, 0.2) is 54.1 Å². The van der Waals surface area contributed by atoms with Crippen molar-refractivity contribution in [3.05, 3.63) is 70.8 Å². The highest BCUT2D eigenvalue weighted by Crippen LogP contribution is 2.29. The van der Waals surface area contributed by atoms with E-state index in [2.05, 4.69) is 11.4 Å². The van der Waals surface area contributed by atoms with Gasteiger partial charge >= 0.3 is 5.97 Å². The molecule has 0 aromatic heterocycles. The number of hydrogen-bond acceptors (Lipinski definition) is 5. The van der Waals surface area contributed by atoms with Gasteiger partial charge in [0, 0.05) is 0 Å². The maximum absolute atomic E-state index is 12.3. The van der Waals surface area contributed by atoms with Crippen LogP contribution in [0.5, 0.6) is 5.75 Å². The Morgan fingerprint density at radius 3 is 2.86 bits per heavy atom. The summed E-state index contributed by atoms with van der Waals surface area (Å²) in [5.41, 5.74) is 2.78. The van der Waals surface area contributed by atoms with Crippen molar-refractivity contribution in [3.8, 4) is 11.8 Å². The number of methoxy groups -OCH3 is 1. The van der Waals surface area contributed by atoms with Crippen LogP contribution in [0.1, 0.15) is 35.6 Å². The molecule has 2 aromatic carbocycles. The van der Waals surface area contributed by atoms with Crippen LogP contribution in [0.25, 0.3) is 6.08 Å². The Morgan fingerprint density at radius 2 is 2.07 bits per heavy atom. The molecule has 0 aliphatic heterocycles. The first kappa shape index (κ1) is 20.2. The number of nitrogens with one attached hydrogen (secondary N) is 1. The number of amides is 1. The van der Waals surface area contributed by atoms with E-state index in [-0.39, 0.29) is 11.6 Å². The smallest absolute Gasteiger partial charge is 0.349 e. The summed E-state index contributed by atoms with van der Waals surface area (Å²) in [5, 5.41) is 12.2. The van der Waals surface area contributed by atoms with Gasteiger partial charge in [0.1, 0.15) is 17.4 Å². The molecule has 1 amide bonds. The molecule has 0 radical (unpaired) electrons. The van der Waals surface area contributed by atoms with Crippen LogP contribution < -0.4 is 10.1 Å². The molecular formula is C23H22N2O4. The third-order valence-electron chi connectivity index (χ3n) is 4.78. The predicted molar refractivity (Wildman–Crippen MR) is 108 cm³/mol. The second-order valence-corrected chi connectivity index (χ2v) is 6.73. The lowest BCUT2D eigenvalue weighted by molar-refractivity contribution is -0.144. The zero-order valence-electron chi connectivity index (χ0n) is 16.2. The van der Waals surface area contributed by atoms with Gasteiger partial charge < -0.3 is 14.8 Å². The largest absolute Gasteiger partial charge is 0.497 e. The van der Waals surface area contributed by atoms with Crippen LogP contribution in [0.3, 0.4) is 0 Å². The van der Waals surface area contributed by atoms with Crippen LogP contribution in [-0.2, 0) is 20.7 Å². The lowest BCUT2D eigenvalue weighted by atomic mass is 9.88. The molecule has 6 nitrogen and oxygen atoms in total. The number of nitrogens with zero attached hydrogens (tertiary/aromatic N) is 1. The Bertz CT molecular complexity index is 975. The van der Waals surface area contributed by atoms with E-state index in [1.54, 1.807) is 24.3 Å². The molecular weight excluding hydrogens is 368 g/mol. The quantitative estimate of drug-likeness (QED) is 0.464. The number of carbonyl (C=O) groups excluding carboxylic acids is 2. The van der Waals surface area contributed by atoms with E-state index in [1.807, 2.05) is 24.3 Å². The van der Waals surface area contributed by atoms with E-state index in [0.717, 1.165) is 24.8 Å². The van der Waals surface area contributed by atoms with E-state index in [0.29, 0.717) is 11.3 Å². The average molecular weight is 390 g/mol. The summed E-state index contributed by atoms with van der Waals surface area (Å²) in [5.74, 6) is -0.621. The molecule has 0 fully saturated rings. The number of benzene rings is 2. The summed E-state index contributed by atoms with van der Waals surface area (Å²) < 4.78 is 10.2. The third kappa shape index (κ3) is 5.23. The highest BCUT2D eigenvalue weighted by Gasteiger charge is 2.22. The maximum Gasteiger partial charge on any atom is 0.349 e. The highest BCUT2D eigenvalue weighted by molar-refractivity contribution is 5.98. The molecule has 0 saturated carbocycles. The number of nitriles is 1. The number of hydrogen-bond donors (Lipinski definition) is 1. The fourth-order valence-electron chi connectivity index (χ4n) is 3.38. The summed E-state index contributed by atoms with van der Waals surface area (Å²) in [6.45, 7) is -0.436. The first-order valence-electron chi connectivity index (χ1n) is 9.41. The van der Waals surface area contributed by atoms with Gasteiger partial charge in [0.2, 0.25) is 0 Å². The number of carbonyl (C=O) groups is 2. The zero-order valence-corrected chi connectivity index (χ0v) is 16.2. The number of aryl methyl sites for hydroxylation is 1. The fraction of sp³-hybridized carbons (Fsp3) is 0.261. The zero-order chi connectivity index (χ0) is 20.6. The Balaban J connectivity index is 1.59. The second-order valence-electron chi connectivity index (χ2n) is 6.73. The summed E-state index contributed by atoms with van der Waals surface area (Å²) in [6.07, 6.45) is 4.23. The summed E-state index contributed by atoms with van der Waals surface area (Å²) >= 11 is 0. The molecule has 148 valence electrons. The SMILES string of the molecule is COc1cccc(/C=C(\C#N)C(=O)OCC(=O)N[C@@H]2CCCc3ccccc32)c1. The van der Waals surface area contributed by atoms with Gasteiger partial charge in [-0.1, -0.05) is 36.4 Å². The van der Waals surface area contributed by atoms with Crippen molar-refractivity contribution >= 4 is 18.0 Å². The number of fused-ring (bicyclic) bond motifs is 1. The molecule has 0 heterocycles. The highest BCUT2D eigenvalue weighted by atomic mass is 16.5. The van der Waals surface area contributed by atoms with E-state index in [4.69, 9.17) is 9.47 Å². The van der Waals surface area contributed by atoms with E-state index in [9.17, 15) is 14.9 Å². The van der Waals surface area contributed by atoms with Crippen LogP contribution in [-0.4, -0.2) is 25.6 Å². The third-order valence-corrected chi connectivity index (χ3v) is 4.78. The maximum atomic E-state index is 12.3. The first-order chi connectivity index (χ1) is 14.1. The van der Waals surface area contributed by atoms with Gasteiger partial charge in [-0.2, -0.15) is 5.26 Å². The fourth-order valence-corrected chi connectivity index (χ4v) is 3.38. The van der Waals surface area contributed by atoms with Gasteiger partial charge in [0.15, 0.2) is 6.61 Å². The van der Waals surface area contributed by atoms with Crippen LogP contribution in [0, 0.1) is 11.3 Å². The van der Waals surface area contributed by atoms with E-state index < -0.39 is 18.5 Å². The van der Waals surface area contributed by atoms with Crippen molar-refractivity contribution in [2.24, 2.45) is 0 Å². The average Bonchev–Trinajstić information content (AvgIpc) is 2.76. The minimum atomic E-state index is -0.838. The molecule has 1 atom stereocenters. The molecule has 0 bridgehead atoms. The van der Waals surface area contributed by atoms with Crippen molar-refractivity contribution in [1.29, 1.82) is 5.26 Å². The summed E-state index contributed by atoms with van der Waals surface area (Å²) in [4.78, 5) is 24.5. The molecule has 1 aliphatic rings. The normalized spacial score (nSPS) is 15.6. The molecule has 0 saturated heterocycles. The molecule has 29 heavy (non-hydrogen) atoms. The Labute approximate surface area is 169 Å². The van der Waals surface area contributed by atoms with Crippen LogP contribution in [0.2, 0.25) is 0 Å². The van der Waals surface area contributed by atoms with Crippen molar-refractivity contribution in [3.63, 3.8) is 0 Å². The molecule has 6 heteroatoms. The lowest BCUT2D eigenvalue weighted by Crippen LogP contribution is -2.34. The molecule has 0 spiro atoms.